The molecule has 92 valence electrons. The van der Waals surface area contributed by atoms with Gasteiger partial charge in [0.15, 0.2) is 0 Å². The highest BCUT2D eigenvalue weighted by molar-refractivity contribution is 4.91. The molecule has 1 saturated carbocycles. The van der Waals surface area contributed by atoms with E-state index in [1.165, 1.54) is 45.1 Å². The van der Waals surface area contributed by atoms with Crippen molar-refractivity contribution in [3.63, 3.8) is 0 Å². The quantitative estimate of drug-likeness (QED) is 0.743. The van der Waals surface area contributed by atoms with Gasteiger partial charge in [0, 0.05) is 18.5 Å². The van der Waals surface area contributed by atoms with E-state index in [2.05, 4.69) is 11.5 Å². The molecular formula is C14H25NO. The van der Waals surface area contributed by atoms with E-state index in [9.17, 15) is 5.11 Å². The number of rotatable bonds is 3. The van der Waals surface area contributed by atoms with Gasteiger partial charge in [0.2, 0.25) is 0 Å². The van der Waals surface area contributed by atoms with Crippen LogP contribution in [-0.2, 0) is 0 Å². The normalized spacial score (nSPS) is 37.2. The predicted octanol–water partition coefficient (Wildman–Crippen LogP) is 2.58. The maximum atomic E-state index is 10.2. The second-order valence-corrected chi connectivity index (χ2v) is 5.36. The van der Waals surface area contributed by atoms with Crippen molar-refractivity contribution in [2.24, 2.45) is 5.92 Å². The Bertz CT molecular complexity index is 229. The maximum Gasteiger partial charge on any atom is 0.0583 e. The Kier molecular flexibility index (Phi) is 4.42. The molecule has 2 rings (SSSR count). The predicted molar refractivity (Wildman–Crippen MR) is 67.4 cm³/mol. The van der Waals surface area contributed by atoms with E-state index in [0.29, 0.717) is 12.0 Å². The van der Waals surface area contributed by atoms with Gasteiger partial charge in [-0.2, -0.15) is 0 Å². The molecule has 0 aromatic heterocycles. The molecule has 3 atom stereocenters. The maximum absolute atomic E-state index is 10.2. The summed E-state index contributed by atoms with van der Waals surface area (Å²) in [5.74, 6) is 0.522. The van der Waals surface area contributed by atoms with Gasteiger partial charge in [-0.05, 0) is 32.2 Å². The van der Waals surface area contributed by atoms with Crippen LogP contribution in [0.2, 0.25) is 0 Å². The largest absolute Gasteiger partial charge is 0.393 e. The molecule has 16 heavy (non-hydrogen) atoms. The third-order valence-corrected chi connectivity index (χ3v) is 4.30. The summed E-state index contributed by atoms with van der Waals surface area (Å²) in [4.78, 5) is 2.54. The lowest BCUT2D eigenvalue weighted by Crippen LogP contribution is -2.48. The van der Waals surface area contributed by atoms with Gasteiger partial charge in [-0.25, -0.2) is 0 Å². The topological polar surface area (TPSA) is 23.5 Å². The zero-order chi connectivity index (χ0) is 11.4. The Morgan fingerprint density at radius 3 is 2.62 bits per heavy atom. The summed E-state index contributed by atoms with van der Waals surface area (Å²) in [6, 6.07) is 0.613. The van der Waals surface area contributed by atoms with Crippen LogP contribution in [0.5, 0.6) is 0 Å². The van der Waals surface area contributed by atoms with Gasteiger partial charge in [-0.1, -0.05) is 25.3 Å². The molecule has 0 bridgehead atoms. The molecule has 3 unspecified atom stereocenters. The molecule has 0 spiro atoms. The van der Waals surface area contributed by atoms with Crippen LogP contribution in [0, 0.1) is 5.92 Å². The highest BCUT2D eigenvalue weighted by atomic mass is 16.3. The molecule has 2 aliphatic rings. The Morgan fingerprint density at radius 1 is 1.12 bits per heavy atom. The van der Waals surface area contributed by atoms with E-state index in [0.717, 1.165) is 13.0 Å². The van der Waals surface area contributed by atoms with Crippen LogP contribution in [0.3, 0.4) is 0 Å². The Labute approximate surface area is 99.3 Å². The number of hydrogen-bond acceptors (Lipinski definition) is 2. The minimum Gasteiger partial charge on any atom is -0.393 e. The number of piperidine rings is 1. The third kappa shape index (κ3) is 2.67. The van der Waals surface area contributed by atoms with Gasteiger partial charge >= 0.3 is 0 Å². The van der Waals surface area contributed by atoms with Crippen molar-refractivity contribution in [1.29, 1.82) is 0 Å². The van der Waals surface area contributed by atoms with Crippen molar-refractivity contribution < 1.29 is 5.11 Å². The summed E-state index contributed by atoms with van der Waals surface area (Å²) in [5, 5.41) is 10.2. The Hall–Kier alpha value is -0.340. The molecular weight excluding hydrogens is 198 g/mol. The van der Waals surface area contributed by atoms with Gasteiger partial charge in [0.25, 0.3) is 0 Å². The molecule has 2 fully saturated rings. The van der Waals surface area contributed by atoms with Crippen molar-refractivity contribution in [2.45, 2.75) is 57.1 Å². The van der Waals surface area contributed by atoms with Gasteiger partial charge < -0.3 is 5.11 Å². The monoisotopic (exact) mass is 223 g/mol. The molecule has 2 heteroatoms. The van der Waals surface area contributed by atoms with Crippen LogP contribution in [0.25, 0.3) is 0 Å². The van der Waals surface area contributed by atoms with Crippen molar-refractivity contribution >= 4 is 0 Å². The first-order chi connectivity index (χ1) is 7.83. The van der Waals surface area contributed by atoms with Gasteiger partial charge in [-0.3, -0.25) is 4.90 Å². The summed E-state index contributed by atoms with van der Waals surface area (Å²) in [7, 11) is 0. The van der Waals surface area contributed by atoms with Crippen molar-refractivity contribution in [2.75, 3.05) is 13.1 Å². The lowest BCUT2D eigenvalue weighted by Gasteiger charge is -2.43. The minimum atomic E-state index is -0.0517. The number of hydrogen-bond donors (Lipinski definition) is 1. The zero-order valence-electron chi connectivity index (χ0n) is 10.3. The minimum absolute atomic E-state index is 0.0517. The van der Waals surface area contributed by atoms with E-state index in [4.69, 9.17) is 0 Å². The van der Waals surface area contributed by atoms with Crippen molar-refractivity contribution in [3.8, 4) is 0 Å². The average molecular weight is 223 g/mol. The summed E-state index contributed by atoms with van der Waals surface area (Å²) in [6.07, 6.45) is 10.6. The lowest BCUT2D eigenvalue weighted by molar-refractivity contribution is -0.00137. The highest BCUT2D eigenvalue weighted by Crippen LogP contribution is 2.33. The van der Waals surface area contributed by atoms with Crippen LogP contribution in [-0.4, -0.2) is 35.2 Å². The highest BCUT2D eigenvalue weighted by Gasteiger charge is 2.34. The second kappa shape index (κ2) is 5.83. The summed E-state index contributed by atoms with van der Waals surface area (Å²) in [5.41, 5.74) is 0. The zero-order valence-corrected chi connectivity index (χ0v) is 10.3. The average Bonchev–Trinajstić information content (AvgIpc) is 2.31. The molecule has 0 radical (unpaired) electrons. The first-order valence-electron chi connectivity index (χ1n) is 6.86. The Balaban J connectivity index is 2.00. The van der Waals surface area contributed by atoms with Crippen molar-refractivity contribution in [3.05, 3.63) is 12.7 Å². The first-order valence-corrected chi connectivity index (χ1v) is 6.86. The van der Waals surface area contributed by atoms with Gasteiger partial charge in [0.1, 0.15) is 0 Å². The van der Waals surface area contributed by atoms with Gasteiger partial charge in [0.05, 0.1) is 6.10 Å². The molecule has 1 aliphatic heterocycles. The van der Waals surface area contributed by atoms with E-state index in [-0.39, 0.29) is 6.10 Å². The van der Waals surface area contributed by atoms with E-state index >= 15 is 0 Å². The van der Waals surface area contributed by atoms with Crippen LogP contribution in [0.1, 0.15) is 44.9 Å². The molecule has 1 aliphatic carbocycles. The number of nitrogens with zero attached hydrogens (tertiary/aromatic N) is 1. The third-order valence-electron chi connectivity index (χ3n) is 4.30. The van der Waals surface area contributed by atoms with E-state index in [1.807, 2.05) is 6.08 Å². The van der Waals surface area contributed by atoms with Crippen LogP contribution in [0.4, 0.5) is 0 Å². The van der Waals surface area contributed by atoms with Crippen molar-refractivity contribution in [1.82, 2.24) is 4.90 Å². The van der Waals surface area contributed by atoms with Crippen LogP contribution in [0.15, 0.2) is 12.7 Å². The molecule has 0 aromatic rings. The SMILES string of the molecule is C=CCN1CCCCC1C1CCCCC1O. The lowest BCUT2D eigenvalue weighted by atomic mass is 9.78. The molecule has 1 saturated heterocycles. The summed E-state index contributed by atoms with van der Waals surface area (Å²) >= 11 is 0. The van der Waals surface area contributed by atoms with Crippen LogP contribution < -0.4 is 0 Å². The number of likely N-dealkylation sites (tertiary alicyclic amines) is 1. The smallest absolute Gasteiger partial charge is 0.0583 e. The van der Waals surface area contributed by atoms with E-state index < -0.39 is 0 Å². The fraction of sp³-hybridized carbons (Fsp3) is 0.857. The molecule has 2 nitrogen and oxygen atoms in total. The summed E-state index contributed by atoms with van der Waals surface area (Å²) in [6.45, 7) is 6.04. The fourth-order valence-corrected chi connectivity index (χ4v) is 3.48. The number of aliphatic hydroxyl groups is 1. The van der Waals surface area contributed by atoms with Gasteiger partial charge in [-0.15, -0.1) is 6.58 Å². The van der Waals surface area contributed by atoms with Crippen LogP contribution >= 0.6 is 0 Å². The van der Waals surface area contributed by atoms with E-state index in [1.54, 1.807) is 0 Å². The second-order valence-electron chi connectivity index (χ2n) is 5.36. The first kappa shape index (κ1) is 12.1. The molecule has 1 N–H and O–H groups in total. The number of aliphatic hydroxyl groups excluding tert-OH is 1. The standard InChI is InChI=1S/C14H25NO/c1-2-10-15-11-6-5-8-13(15)12-7-3-4-9-14(12)16/h2,12-14,16H,1,3-11H2. The molecule has 0 amide bonds. The molecule has 0 aromatic carbocycles. The fourth-order valence-electron chi connectivity index (χ4n) is 3.48. The summed E-state index contributed by atoms with van der Waals surface area (Å²) < 4.78 is 0. The molecule has 1 heterocycles. The Morgan fingerprint density at radius 2 is 1.88 bits per heavy atom.